The van der Waals surface area contributed by atoms with Gasteiger partial charge in [0.15, 0.2) is 0 Å². The Bertz CT molecular complexity index is 336. The average molecular weight is 253 g/mol. The van der Waals surface area contributed by atoms with Gasteiger partial charge in [-0.25, -0.2) is 13.1 Å². The minimum atomic E-state index is -3.53. The van der Waals surface area contributed by atoms with Gasteiger partial charge in [0.05, 0.1) is 19.3 Å². The molecule has 0 heterocycles. The summed E-state index contributed by atoms with van der Waals surface area (Å²) in [7, 11) is -2.35. The van der Waals surface area contributed by atoms with Crippen LogP contribution in [0, 0.1) is 0 Å². The topological polar surface area (TPSA) is 110 Å². The first-order valence-corrected chi connectivity index (χ1v) is 6.28. The number of methoxy groups -OCH3 is 1. The van der Waals surface area contributed by atoms with E-state index in [9.17, 15) is 18.0 Å². The SMILES string of the molecule is COC(=O)CCS(=O)(=O)NCCCC(=O)O. The fourth-order valence-electron chi connectivity index (χ4n) is 0.859. The molecule has 0 aliphatic carbocycles. The molecule has 0 saturated heterocycles. The van der Waals surface area contributed by atoms with Crippen molar-refractivity contribution in [3.8, 4) is 0 Å². The van der Waals surface area contributed by atoms with Crippen LogP contribution in [-0.4, -0.2) is 44.9 Å². The Kier molecular flexibility index (Phi) is 6.66. The molecule has 0 amide bonds. The first-order chi connectivity index (χ1) is 7.37. The van der Waals surface area contributed by atoms with E-state index >= 15 is 0 Å². The molecule has 0 aromatic carbocycles. The number of hydrogen-bond donors (Lipinski definition) is 2. The van der Waals surface area contributed by atoms with Gasteiger partial charge in [0.25, 0.3) is 0 Å². The molecule has 2 N–H and O–H groups in total. The quantitative estimate of drug-likeness (QED) is 0.438. The van der Waals surface area contributed by atoms with Gasteiger partial charge in [0.1, 0.15) is 0 Å². The van der Waals surface area contributed by atoms with E-state index < -0.39 is 22.0 Å². The van der Waals surface area contributed by atoms with Crippen LogP contribution in [0.5, 0.6) is 0 Å². The van der Waals surface area contributed by atoms with E-state index in [0.29, 0.717) is 0 Å². The van der Waals surface area contributed by atoms with Gasteiger partial charge in [-0.05, 0) is 6.42 Å². The van der Waals surface area contributed by atoms with Gasteiger partial charge in [-0.1, -0.05) is 0 Å². The van der Waals surface area contributed by atoms with E-state index in [4.69, 9.17) is 5.11 Å². The standard InChI is InChI=1S/C8H15NO6S/c1-15-8(12)4-6-16(13,14)9-5-2-3-7(10)11/h9H,2-6H2,1H3,(H,10,11). The number of aliphatic carboxylic acids is 1. The summed E-state index contributed by atoms with van der Waals surface area (Å²) in [5.74, 6) is -1.93. The summed E-state index contributed by atoms with van der Waals surface area (Å²) >= 11 is 0. The molecule has 16 heavy (non-hydrogen) atoms. The Labute approximate surface area is 93.8 Å². The summed E-state index contributed by atoms with van der Waals surface area (Å²) in [4.78, 5) is 20.8. The first kappa shape index (κ1) is 14.8. The van der Waals surface area contributed by atoms with E-state index in [1.165, 1.54) is 7.11 Å². The maximum absolute atomic E-state index is 11.2. The number of hydrogen-bond acceptors (Lipinski definition) is 5. The maximum Gasteiger partial charge on any atom is 0.306 e. The Balaban J connectivity index is 3.79. The molecule has 0 bridgehead atoms. The summed E-state index contributed by atoms with van der Waals surface area (Å²) in [6, 6.07) is 0. The van der Waals surface area contributed by atoms with Crippen molar-refractivity contribution >= 4 is 22.0 Å². The van der Waals surface area contributed by atoms with Crippen LogP contribution in [0.25, 0.3) is 0 Å². The van der Waals surface area contributed by atoms with E-state index in [-0.39, 0.29) is 31.6 Å². The summed E-state index contributed by atoms with van der Waals surface area (Å²) in [6.45, 7) is 0.0514. The highest BCUT2D eigenvalue weighted by molar-refractivity contribution is 7.89. The van der Waals surface area contributed by atoms with E-state index in [1.807, 2.05) is 0 Å². The molecule has 0 fully saturated rings. The molecule has 0 aliphatic rings. The number of carbonyl (C=O) groups excluding carboxylic acids is 1. The van der Waals surface area contributed by atoms with Crippen molar-refractivity contribution in [1.29, 1.82) is 0 Å². The van der Waals surface area contributed by atoms with Gasteiger partial charge in [-0.15, -0.1) is 0 Å². The maximum atomic E-state index is 11.2. The van der Waals surface area contributed by atoms with Gasteiger partial charge < -0.3 is 9.84 Å². The molecular formula is C8H15NO6S. The zero-order chi connectivity index (χ0) is 12.6. The molecule has 0 radical (unpaired) electrons. The number of sulfonamides is 1. The Morgan fingerprint density at radius 3 is 2.44 bits per heavy atom. The van der Waals surface area contributed by atoms with Gasteiger partial charge in [-0.2, -0.15) is 0 Å². The second kappa shape index (κ2) is 7.18. The normalized spacial score (nSPS) is 11.1. The number of nitrogens with one attached hydrogen (secondary N) is 1. The summed E-state index contributed by atoms with van der Waals surface area (Å²) < 4.78 is 28.9. The molecular weight excluding hydrogens is 238 g/mol. The minimum absolute atomic E-state index is 0.0514. The molecule has 0 atom stereocenters. The van der Waals surface area contributed by atoms with Crippen molar-refractivity contribution in [3.05, 3.63) is 0 Å². The van der Waals surface area contributed by atoms with Crippen LogP contribution in [0.15, 0.2) is 0 Å². The number of rotatable bonds is 8. The number of carbonyl (C=O) groups is 2. The molecule has 0 rings (SSSR count). The van der Waals surface area contributed by atoms with Gasteiger partial charge in [0, 0.05) is 13.0 Å². The zero-order valence-corrected chi connectivity index (χ0v) is 9.75. The van der Waals surface area contributed by atoms with Crippen molar-refractivity contribution in [2.75, 3.05) is 19.4 Å². The molecule has 0 unspecified atom stereocenters. The number of carboxylic acid groups (broad SMARTS) is 1. The van der Waals surface area contributed by atoms with Crippen molar-refractivity contribution in [2.45, 2.75) is 19.3 Å². The van der Waals surface area contributed by atoms with Gasteiger partial charge in [0.2, 0.25) is 10.0 Å². The fourth-order valence-corrected chi connectivity index (χ4v) is 1.89. The van der Waals surface area contributed by atoms with Crippen LogP contribution in [0.4, 0.5) is 0 Å². The lowest BCUT2D eigenvalue weighted by molar-refractivity contribution is -0.140. The van der Waals surface area contributed by atoms with Gasteiger partial charge in [-0.3, -0.25) is 9.59 Å². The highest BCUT2D eigenvalue weighted by atomic mass is 32.2. The summed E-state index contributed by atoms with van der Waals surface area (Å²) in [5.41, 5.74) is 0. The third-order valence-corrected chi connectivity index (χ3v) is 3.08. The lowest BCUT2D eigenvalue weighted by Gasteiger charge is -2.04. The van der Waals surface area contributed by atoms with Crippen molar-refractivity contribution in [2.24, 2.45) is 0 Å². The Morgan fingerprint density at radius 1 is 1.31 bits per heavy atom. The van der Waals surface area contributed by atoms with Crippen molar-refractivity contribution in [3.63, 3.8) is 0 Å². The van der Waals surface area contributed by atoms with Crippen molar-refractivity contribution in [1.82, 2.24) is 4.72 Å². The summed E-state index contributed by atoms with van der Waals surface area (Å²) in [5, 5.41) is 8.31. The monoisotopic (exact) mass is 253 g/mol. The molecule has 0 spiro atoms. The zero-order valence-electron chi connectivity index (χ0n) is 8.93. The highest BCUT2D eigenvalue weighted by Gasteiger charge is 2.12. The van der Waals surface area contributed by atoms with E-state index in [2.05, 4.69) is 9.46 Å². The first-order valence-electron chi connectivity index (χ1n) is 4.63. The second-order valence-corrected chi connectivity index (χ2v) is 4.96. The predicted molar refractivity (Wildman–Crippen MR) is 55.3 cm³/mol. The second-order valence-electron chi connectivity index (χ2n) is 3.04. The van der Waals surface area contributed by atoms with Crippen LogP contribution < -0.4 is 4.72 Å². The number of esters is 1. The lowest BCUT2D eigenvalue weighted by atomic mass is 10.3. The molecule has 7 nitrogen and oxygen atoms in total. The molecule has 0 aromatic heterocycles. The number of carboxylic acids is 1. The average Bonchev–Trinajstić information content (AvgIpc) is 2.21. The molecule has 0 aromatic rings. The molecule has 0 saturated carbocycles. The van der Waals surface area contributed by atoms with Crippen LogP contribution >= 0.6 is 0 Å². The lowest BCUT2D eigenvalue weighted by Crippen LogP contribution is -2.28. The minimum Gasteiger partial charge on any atom is -0.481 e. The molecule has 94 valence electrons. The number of ether oxygens (including phenoxy) is 1. The smallest absolute Gasteiger partial charge is 0.306 e. The van der Waals surface area contributed by atoms with Crippen LogP contribution in [-0.2, 0) is 24.3 Å². The Hall–Kier alpha value is -1.15. The van der Waals surface area contributed by atoms with Crippen LogP contribution in [0.2, 0.25) is 0 Å². The molecule has 0 aliphatic heterocycles. The van der Waals surface area contributed by atoms with E-state index in [1.54, 1.807) is 0 Å². The van der Waals surface area contributed by atoms with Crippen LogP contribution in [0.3, 0.4) is 0 Å². The largest absolute Gasteiger partial charge is 0.481 e. The fraction of sp³-hybridized carbons (Fsp3) is 0.750. The third-order valence-electron chi connectivity index (χ3n) is 1.69. The van der Waals surface area contributed by atoms with E-state index in [0.717, 1.165) is 0 Å². The molecule has 8 heteroatoms. The van der Waals surface area contributed by atoms with Crippen LogP contribution in [0.1, 0.15) is 19.3 Å². The Morgan fingerprint density at radius 2 is 1.94 bits per heavy atom. The van der Waals surface area contributed by atoms with Crippen molar-refractivity contribution < 1.29 is 27.9 Å². The van der Waals surface area contributed by atoms with Gasteiger partial charge >= 0.3 is 11.9 Å². The summed E-state index contributed by atoms with van der Waals surface area (Å²) in [6.07, 6.45) is -0.100. The third kappa shape index (κ3) is 8.18. The highest BCUT2D eigenvalue weighted by Crippen LogP contribution is 1.93. The predicted octanol–water partition coefficient (Wildman–Crippen LogP) is -0.666.